The first-order valence-corrected chi connectivity index (χ1v) is 4.82. The monoisotopic (exact) mass is 205 g/mol. The maximum atomic E-state index is 11.6. The maximum absolute atomic E-state index is 11.6. The largest absolute Gasteiger partial charge is 0.389 e. The fourth-order valence-electron chi connectivity index (χ4n) is 1.24. The topological polar surface area (TPSA) is 49.3 Å². The van der Waals surface area contributed by atoms with Crippen molar-refractivity contribution in [2.24, 2.45) is 0 Å². The van der Waals surface area contributed by atoms with Crippen LogP contribution in [-0.2, 0) is 0 Å². The van der Waals surface area contributed by atoms with Gasteiger partial charge in [0.2, 0.25) is 0 Å². The van der Waals surface area contributed by atoms with Crippen LogP contribution in [0.4, 0.5) is 0 Å². The van der Waals surface area contributed by atoms with Crippen LogP contribution in [0.3, 0.4) is 0 Å². The summed E-state index contributed by atoms with van der Waals surface area (Å²) in [7, 11) is 0. The zero-order chi connectivity index (χ0) is 11.3. The molecule has 0 bridgehead atoms. The van der Waals surface area contributed by atoms with Crippen molar-refractivity contribution in [3.63, 3.8) is 0 Å². The fourth-order valence-corrected chi connectivity index (χ4v) is 1.24. The first-order chi connectivity index (χ1) is 7.09. The summed E-state index contributed by atoms with van der Waals surface area (Å²) in [5.41, 5.74) is 1.26. The highest BCUT2D eigenvalue weighted by molar-refractivity contribution is 5.95. The molecule has 0 heterocycles. The molecule has 0 radical (unpaired) electrons. The number of nitrogens with one attached hydrogen (secondary N) is 1. The molecule has 0 saturated carbocycles. The summed E-state index contributed by atoms with van der Waals surface area (Å²) in [5, 5.41) is 11.8. The third kappa shape index (κ3) is 3.95. The Balaban J connectivity index is 2.65. The van der Waals surface area contributed by atoms with Crippen molar-refractivity contribution in [3.05, 3.63) is 47.7 Å². The predicted octanol–water partition coefficient (Wildman–Crippen LogP) is 1.70. The third-order valence-corrected chi connectivity index (χ3v) is 1.84. The van der Waals surface area contributed by atoms with Crippen LogP contribution in [0, 0.1) is 0 Å². The van der Waals surface area contributed by atoms with Gasteiger partial charge in [0.25, 0.3) is 5.91 Å². The van der Waals surface area contributed by atoms with E-state index in [2.05, 4.69) is 5.32 Å². The highest BCUT2D eigenvalue weighted by atomic mass is 16.3. The highest BCUT2D eigenvalue weighted by Crippen LogP contribution is 2.00. The standard InChI is InChI=1S/C12H15NO2/c1-9(8-10(2)14)13-12(15)11-6-4-3-5-7-11/h3-8,10,14H,1-2H3,(H,13,15)/b9-8+. The fraction of sp³-hybridized carbons (Fsp3) is 0.250. The molecule has 1 rings (SSSR count). The van der Waals surface area contributed by atoms with Gasteiger partial charge in [0.1, 0.15) is 0 Å². The second-order valence-corrected chi connectivity index (χ2v) is 3.41. The van der Waals surface area contributed by atoms with Crippen LogP contribution < -0.4 is 5.32 Å². The summed E-state index contributed by atoms with van der Waals surface area (Å²) >= 11 is 0. The summed E-state index contributed by atoms with van der Waals surface area (Å²) in [6.07, 6.45) is 1.03. The Hall–Kier alpha value is -1.61. The zero-order valence-corrected chi connectivity index (χ0v) is 8.90. The SMILES string of the molecule is C/C(=C\C(C)O)NC(=O)c1ccccc1. The lowest BCUT2D eigenvalue weighted by Crippen LogP contribution is -2.22. The van der Waals surface area contributed by atoms with E-state index in [9.17, 15) is 4.79 Å². The number of hydrogen-bond donors (Lipinski definition) is 2. The molecule has 1 amide bonds. The molecule has 0 aromatic heterocycles. The number of allylic oxidation sites excluding steroid dienone is 1. The molecule has 0 saturated heterocycles. The average Bonchev–Trinajstić information content (AvgIpc) is 2.17. The van der Waals surface area contributed by atoms with Crippen molar-refractivity contribution in [1.29, 1.82) is 0 Å². The van der Waals surface area contributed by atoms with Crippen LogP contribution in [0.1, 0.15) is 24.2 Å². The second kappa shape index (κ2) is 5.32. The Bertz CT molecular complexity index is 355. The second-order valence-electron chi connectivity index (χ2n) is 3.41. The number of amides is 1. The Morgan fingerprint density at radius 3 is 2.53 bits per heavy atom. The van der Waals surface area contributed by atoms with E-state index in [-0.39, 0.29) is 5.91 Å². The molecule has 1 unspecified atom stereocenters. The van der Waals surface area contributed by atoms with Gasteiger partial charge in [0.05, 0.1) is 6.10 Å². The third-order valence-electron chi connectivity index (χ3n) is 1.84. The van der Waals surface area contributed by atoms with E-state index in [4.69, 9.17) is 5.11 Å². The van der Waals surface area contributed by atoms with Crippen LogP contribution >= 0.6 is 0 Å². The average molecular weight is 205 g/mol. The molecule has 3 nitrogen and oxygen atoms in total. The van der Waals surface area contributed by atoms with E-state index in [1.807, 2.05) is 18.2 Å². The Morgan fingerprint density at radius 1 is 1.40 bits per heavy atom. The molecule has 80 valence electrons. The molecular formula is C12H15NO2. The molecule has 2 N–H and O–H groups in total. The lowest BCUT2D eigenvalue weighted by Gasteiger charge is -2.06. The van der Waals surface area contributed by atoms with Crippen molar-refractivity contribution in [2.75, 3.05) is 0 Å². The van der Waals surface area contributed by atoms with Crippen LogP contribution in [0.5, 0.6) is 0 Å². The van der Waals surface area contributed by atoms with E-state index in [0.717, 1.165) is 0 Å². The zero-order valence-electron chi connectivity index (χ0n) is 8.90. The smallest absolute Gasteiger partial charge is 0.255 e. The van der Waals surface area contributed by atoms with Gasteiger partial charge in [0, 0.05) is 11.3 Å². The van der Waals surface area contributed by atoms with Crippen molar-refractivity contribution < 1.29 is 9.90 Å². The minimum Gasteiger partial charge on any atom is -0.389 e. The molecule has 15 heavy (non-hydrogen) atoms. The van der Waals surface area contributed by atoms with E-state index >= 15 is 0 Å². The van der Waals surface area contributed by atoms with Gasteiger partial charge in [-0.15, -0.1) is 0 Å². The Morgan fingerprint density at radius 2 is 2.00 bits per heavy atom. The van der Waals surface area contributed by atoms with Crippen molar-refractivity contribution in [2.45, 2.75) is 20.0 Å². The number of carbonyl (C=O) groups excluding carboxylic acids is 1. The predicted molar refractivity (Wildman–Crippen MR) is 59.3 cm³/mol. The molecule has 0 spiro atoms. The molecule has 1 aromatic rings. The number of rotatable bonds is 3. The van der Waals surface area contributed by atoms with Gasteiger partial charge in [0.15, 0.2) is 0 Å². The first kappa shape index (κ1) is 11.5. The van der Waals surface area contributed by atoms with Crippen molar-refractivity contribution in [1.82, 2.24) is 5.32 Å². The van der Waals surface area contributed by atoms with Crippen LogP contribution in [0.25, 0.3) is 0 Å². The quantitative estimate of drug-likeness (QED) is 0.789. The molecular weight excluding hydrogens is 190 g/mol. The van der Waals surface area contributed by atoms with Gasteiger partial charge in [-0.05, 0) is 32.1 Å². The number of aliphatic hydroxyl groups excluding tert-OH is 1. The molecule has 3 heteroatoms. The Kier molecular flexibility index (Phi) is 4.06. The van der Waals surface area contributed by atoms with Gasteiger partial charge in [-0.25, -0.2) is 0 Å². The van der Waals surface area contributed by atoms with Crippen molar-refractivity contribution >= 4 is 5.91 Å². The summed E-state index contributed by atoms with van der Waals surface area (Å²) < 4.78 is 0. The van der Waals surface area contributed by atoms with E-state index in [1.54, 1.807) is 32.1 Å². The van der Waals surface area contributed by atoms with Gasteiger partial charge in [-0.3, -0.25) is 4.79 Å². The van der Waals surface area contributed by atoms with Crippen molar-refractivity contribution in [3.8, 4) is 0 Å². The number of carbonyl (C=O) groups is 1. The molecule has 0 aliphatic heterocycles. The lowest BCUT2D eigenvalue weighted by atomic mass is 10.2. The normalized spacial score (nSPS) is 13.4. The van der Waals surface area contributed by atoms with E-state index < -0.39 is 6.10 Å². The van der Waals surface area contributed by atoms with E-state index in [0.29, 0.717) is 11.3 Å². The molecule has 0 aliphatic rings. The summed E-state index contributed by atoms with van der Waals surface area (Å²) in [4.78, 5) is 11.6. The number of benzene rings is 1. The van der Waals surface area contributed by atoms with E-state index in [1.165, 1.54) is 0 Å². The number of aliphatic hydroxyl groups is 1. The molecule has 0 fully saturated rings. The van der Waals surface area contributed by atoms with Crippen LogP contribution in [-0.4, -0.2) is 17.1 Å². The molecule has 1 atom stereocenters. The first-order valence-electron chi connectivity index (χ1n) is 4.82. The van der Waals surface area contributed by atoms with Gasteiger partial charge >= 0.3 is 0 Å². The highest BCUT2D eigenvalue weighted by Gasteiger charge is 2.04. The van der Waals surface area contributed by atoms with Gasteiger partial charge < -0.3 is 10.4 Å². The molecule has 0 aliphatic carbocycles. The summed E-state index contributed by atoms with van der Waals surface area (Å²) in [6, 6.07) is 8.95. The number of hydrogen-bond acceptors (Lipinski definition) is 2. The lowest BCUT2D eigenvalue weighted by molar-refractivity contribution is 0.0965. The molecule has 1 aromatic carbocycles. The van der Waals surface area contributed by atoms with Gasteiger partial charge in [-0.2, -0.15) is 0 Å². The van der Waals surface area contributed by atoms with Crippen LogP contribution in [0.15, 0.2) is 42.1 Å². The Labute approximate surface area is 89.4 Å². The maximum Gasteiger partial charge on any atom is 0.255 e. The van der Waals surface area contributed by atoms with Gasteiger partial charge in [-0.1, -0.05) is 18.2 Å². The summed E-state index contributed by atoms with van der Waals surface area (Å²) in [6.45, 7) is 3.38. The van der Waals surface area contributed by atoms with Crippen LogP contribution in [0.2, 0.25) is 0 Å². The minimum absolute atomic E-state index is 0.162. The minimum atomic E-state index is -0.555. The summed E-state index contributed by atoms with van der Waals surface area (Å²) in [5.74, 6) is -0.162.